The Labute approximate surface area is 212 Å². The molecule has 1 saturated carbocycles. The number of halogens is 2. The molecule has 5 rings (SSSR count). The Bertz CT molecular complexity index is 1400. The highest BCUT2D eigenvalue weighted by molar-refractivity contribution is 7.14. The molecule has 36 heavy (non-hydrogen) atoms. The van der Waals surface area contributed by atoms with Crippen molar-refractivity contribution in [3.63, 3.8) is 0 Å². The molecule has 1 aromatic heterocycles. The molecule has 0 radical (unpaired) electrons. The zero-order valence-electron chi connectivity index (χ0n) is 19.9. The fraction of sp³-hybridized carbons (Fsp3) is 0.207. The third kappa shape index (κ3) is 5.11. The second kappa shape index (κ2) is 10.1. The highest BCUT2D eigenvalue weighted by Crippen LogP contribution is 2.43. The van der Waals surface area contributed by atoms with Crippen LogP contribution >= 0.6 is 11.3 Å². The molecular weight excluding hydrogens is 480 g/mol. The fourth-order valence-electron chi connectivity index (χ4n) is 4.26. The van der Waals surface area contributed by atoms with Gasteiger partial charge in [-0.3, -0.25) is 5.32 Å². The molecule has 1 N–H and O–H groups in total. The van der Waals surface area contributed by atoms with Crippen LogP contribution in [0.4, 0.5) is 19.3 Å². The standard InChI is InChI=1S/C29H25F2NO3S/c1-17(22-5-3-4-6-24(22)30)35-29(33)32-25-16-27(31)36-28(25)21-13-14-23(26(15-21)34-2)20-11-9-19(10-12-20)18-7-8-18/h3-6,9-18H,7-8H2,1-2H3,(H,32,33)/t17-/m1/s1. The summed E-state index contributed by atoms with van der Waals surface area (Å²) >= 11 is 0.908. The Hall–Kier alpha value is -3.71. The van der Waals surface area contributed by atoms with E-state index in [0.29, 0.717) is 22.1 Å². The van der Waals surface area contributed by atoms with E-state index in [1.54, 1.807) is 32.2 Å². The largest absolute Gasteiger partial charge is 0.496 e. The van der Waals surface area contributed by atoms with Crippen LogP contribution in [0, 0.1) is 10.9 Å². The lowest BCUT2D eigenvalue weighted by atomic mass is 9.99. The van der Waals surface area contributed by atoms with Crippen molar-refractivity contribution in [2.45, 2.75) is 31.8 Å². The Kier molecular flexibility index (Phi) is 6.74. The van der Waals surface area contributed by atoms with Crippen LogP contribution in [0.5, 0.6) is 5.75 Å². The molecule has 1 aliphatic carbocycles. The minimum atomic E-state index is -0.816. The van der Waals surface area contributed by atoms with Crippen LogP contribution in [-0.2, 0) is 4.74 Å². The first kappa shape index (κ1) is 24.0. The van der Waals surface area contributed by atoms with E-state index in [1.807, 2.05) is 18.2 Å². The molecule has 0 bridgehead atoms. The van der Waals surface area contributed by atoms with Crippen molar-refractivity contribution >= 4 is 23.1 Å². The monoisotopic (exact) mass is 505 g/mol. The number of rotatable bonds is 7. The van der Waals surface area contributed by atoms with Crippen LogP contribution in [0.1, 0.15) is 42.9 Å². The number of amides is 1. The SMILES string of the molecule is COc1cc(-c2sc(F)cc2NC(=O)O[C@H](C)c2ccccc2F)ccc1-c1ccc(C2CC2)cc1. The number of thiophene rings is 1. The molecule has 1 amide bonds. The van der Waals surface area contributed by atoms with Gasteiger partial charge < -0.3 is 9.47 Å². The summed E-state index contributed by atoms with van der Waals surface area (Å²) in [7, 11) is 1.59. The van der Waals surface area contributed by atoms with E-state index in [2.05, 4.69) is 29.6 Å². The normalized spacial score (nSPS) is 13.8. The summed E-state index contributed by atoms with van der Waals surface area (Å²) in [6, 6.07) is 21.5. The molecule has 0 unspecified atom stereocenters. The van der Waals surface area contributed by atoms with Crippen molar-refractivity contribution < 1.29 is 23.0 Å². The maximum atomic E-state index is 14.3. The lowest BCUT2D eigenvalue weighted by Crippen LogP contribution is -2.16. The van der Waals surface area contributed by atoms with E-state index in [-0.39, 0.29) is 11.3 Å². The third-order valence-electron chi connectivity index (χ3n) is 6.30. The van der Waals surface area contributed by atoms with Crippen LogP contribution in [0.15, 0.2) is 72.8 Å². The first-order valence-electron chi connectivity index (χ1n) is 11.7. The fourth-order valence-corrected chi connectivity index (χ4v) is 5.10. The maximum Gasteiger partial charge on any atom is 0.412 e. The van der Waals surface area contributed by atoms with Crippen LogP contribution < -0.4 is 10.1 Å². The number of anilines is 1. The van der Waals surface area contributed by atoms with Crippen LogP contribution in [0.2, 0.25) is 0 Å². The molecule has 0 aliphatic heterocycles. The van der Waals surface area contributed by atoms with Gasteiger partial charge in [0, 0.05) is 17.2 Å². The quantitative estimate of drug-likeness (QED) is 0.274. The average molecular weight is 506 g/mol. The van der Waals surface area contributed by atoms with Crippen molar-refractivity contribution in [1.82, 2.24) is 0 Å². The highest BCUT2D eigenvalue weighted by Gasteiger charge is 2.23. The summed E-state index contributed by atoms with van der Waals surface area (Å²) in [5.74, 6) is 0.862. The van der Waals surface area contributed by atoms with Gasteiger partial charge in [0.2, 0.25) is 0 Å². The molecule has 0 spiro atoms. The van der Waals surface area contributed by atoms with Crippen molar-refractivity contribution in [2.75, 3.05) is 12.4 Å². The summed E-state index contributed by atoms with van der Waals surface area (Å²) in [6.07, 6.45) is 0.884. The molecule has 1 atom stereocenters. The van der Waals surface area contributed by atoms with E-state index < -0.39 is 23.1 Å². The molecule has 184 valence electrons. The van der Waals surface area contributed by atoms with E-state index in [1.165, 1.54) is 30.5 Å². The van der Waals surface area contributed by atoms with E-state index >= 15 is 0 Å². The number of carbonyl (C=O) groups excluding carboxylic acids is 1. The summed E-state index contributed by atoms with van der Waals surface area (Å²) in [6.45, 7) is 1.58. The number of nitrogens with one attached hydrogen (secondary N) is 1. The van der Waals surface area contributed by atoms with E-state index in [9.17, 15) is 13.6 Å². The molecule has 0 saturated heterocycles. The van der Waals surface area contributed by atoms with Crippen LogP contribution in [-0.4, -0.2) is 13.2 Å². The van der Waals surface area contributed by atoms with E-state index in [0.717, 1.165) is 22.5 Å². The average Bonchev–Trinajstić information content (AvgIpc) is 3.66. The predicted molar refractivity (Wildman–Crippen MR) is 139 cm³/mol. The minimum absolute atomic E-state index is 0.259. The molecule has 4 nitrogen and oxygen atoms in total. The topological polar surface area (TPSA) is 47.6 Å². The Morgan fingerprint density at radius 2 is 1.72 bits per heavy atom. The second-order valence-corrected chi connectivity index (χ2v) is 9.80. The smallest absolute Gasteiger partial charge is 0.412 e. The van der Waals surface area contributed by atoms with Gasteiger partial charge in [0.1, 0.15) is 17.7 Å². The Balaban J connectivity index is 1.36. The van der Waals surface area contributed by atoms with Gasteiger partial charge in [0.15, 0.2) is 5.13 Å². The summed E-state index contributed by atoms with van der Waals surface area (Å²) in [4.78, 5) is 13.1. The Morgan fingerprint density at radius 1 is 1.00 bits per heavy atom. The van der Waals surface area contributed by atoms with Gasteiger partial charge in [-0.15, -0.1) is 11.3 Å². The highest BCUT2D eigenvalue weighted by atomic mass is 32.1. The third-order valence-corrected chi connectivity index (χ3v) is 7.27. The molecule has 4 aromatic rings. The first-order chi connectivity index (χ1) is 17.4. The molecule has 1 fully saturated rings. The summed E-state index contributed by atoms with van der Waals surface area (Å²) < 4.78 is 39.3. The molecular formula is C29H25F2NO3S. The molecule has 3 aromatic carbocycles. The molecule has 1 aliphatic rings. The predicted octanol–water partition coefficient (Wildman–Crippen LogP) is 8.56. The molecule has 7 heteroatoms. The van der Waals surface area contributed by atoms with Gasteiger partial charge in [-0.1, -0.05) is 54.6 Å². The van der Waals surface area contributed by atoms with E-state index in [4.69, 9.17) is 9.47 Å². The first-order valence-corrected chi connectivity index (χ1v) is 12.5. The number of methoxy groups -OCH3 is 1. The zero-order valence-corrected chi connectivity index (χ0v) is 20.7. The van der Waals surface area contributed by atoms with Crippen molar-refractivity contribution in [1.29, 1.82) is 0 Å². The van der Waals surface area contributed by atoms with Gasteiger partial charge in [0.05, 0.1) is 17.7 Å². The van der Waals surface area contributed by atoms with Crippen molar-refractivity contribution in [2.24, 2.45) is 0 Å². The Morgan fingerprint density at radius 3 is 2.42 bits per heavy atom. The summed E-state index contributed by atoms with van der Waals surface area (Å²) in [5.41, 5.74) is 4.53. The van der Waals surface area contributed by atoms with Gasteiger partial charge in [-0.25, -0.2) is 9.18 Å². The van der Waals surface area contributed by atoms with Gasteiger partial charge in [-0.05, 0) is 54.5 Å². The summed E-state index contributed by atoms with van der Waals surface area (Å²) in [5, 5.41) is 2.15. The minimum Gasteiger partial charge on any atom is -0.496 e. The van der Waals surface area contributed by atoms with Crippen LogP contribution in [0.3, 0.4) is 0 Å². The lowest BCUT2D eigenvalue weighted by molar-refractivity contribution is 0.119. The van der Waals surface area contributed by atoms with Gasteiger partial charge in [0.25, 0.3) is 0 Å². The number of hydrogen-bond donors (Lipinski definition) is 1. The maximum absolute atomic E-state index is 14.3. The second-order valence-electron chi connectivity index (χ2n) is 8.80. The van der Waals surface area contributed by atoms with Crippen LogP contribution in [0.25, 0.3) is 21.6 Å². The van der Waals surface area contributed by atoms with Gasteiger partial charge in [-0.2, -0.15) is 4.39 Å². The number of benzene rings is 3. The molecule has 1 heterocycles. The lowest BCUT2D eigenvalue weighted by Gasteiger charge is -2.15. The van der Waals surface area contributed by atoms with Crippen molar-refractivity contribution in [3.05, 3.63) is 94.9 Å². The zero-order chi connectivity index (χ0) is 25.2. The number of ether oxygens (including phenoxy) is 2. The van der Waals surface area contributed by atoms with Crippen molar-refractivity contribution in [3.8, 4) is 27.3 Å². The van der Waals surface area contributed by atoms with Gasteiger partial charge >= 0.3 is 6.09 Å². The number of carbonyl (C=O) groups is 1. The number of hydrogen-bond acceptors (Lipinski definition) is 4.